The molecule has 2 aromatic carbocycles. The predicted molar refractivity (Wildman–Crippen MR) is 112 cm³/mol. The smallest absolute Gasteiger partial charge is 0.232 e. The van der Waals surface area contributed by atoms with Crippen molar-refractivity contribution in [3.8, 4) is 11.5 Å². The maximum absolute atomic E-state index is 12.2. The van der Waals surface area contributed by atoms with Gasteiger partial charge in [0.1, 0.15) is 12.7 Å². The zero-order valence-electron chi connectivity index (χ0n) is 16.6. The normalized spacial score (nSPS) is 15.6. The number of fused-ring (bicyclic) bond motifs is 1. The molecular formula is C21H26N2O5S. The van der Waals surface area contributed by atoms with Crippen molar-refractivity contribution in [1.82, 2.24) is 5.32 Å². The number of benzene rings is 2. The van der Waals surface area contributed by atoms with Crippen LogP contribution in [0, 0.1) is 6.92 Å². The number of anilines is 1. The van der Waals surface area contributed by atoms with Crippen LogP contribution in [0.15, 0.2) is 48.5 Å². The third-order valence-electron chi connectivity index (χ3n) is 4.58. The summed E-state index contributed by atoms with van der Waals surface area (Å²) in [6.45, 7) is 2.89. The number of sulfonamides is 1. The molecule has 8 heteroatoms. The molecule has 1 amide bonds. The maximum Gasteiger partial charge on any atom is 0.232 e. The van der Waals surface area contributed by atoms with Crippen LogP contribution in [0.5, 0.6) is 11.5 Å². The molecule has 3 rings (SSSR count). The summed E-state index contributed by atoms with van der Waals surface area (Å²) in [6.07, 6.45) is 1.55. The number of aryl methyl sites for hydroxylation is 1. The largest absolute Gasteiger partial charge is 0.486 e. The van der Waals surface area contributed by atoms with Crippen molar-refractivity contribution in [2.45, 2.75) is 25.9 Å². The third-order valence-corrected chi connectivity index (χ3v) is 5.78. The van der Waals surface area contributed by atoms with E-state index in [1.807, 2.05) is 43.3 Å². The Hall–Kier alpha value is -2.74. The van der Waals surface area contributed by atoms with Crippen molar-refractivity contribution < 1.29 is 22.7 Å². The Morgan fingerprint density at radius 2 is 1.83 bits per heavy atom. The molecule has 29 heavy (non-hydrogen) atoms. The van der Waals surface area contributed by atoms with Gasteiger partial charge in [-0.25, -0.2) is 8.42 Å². The Kier molecular flexibility index (Phi) is 6.64. The lowest BCUT2D eigenvalue weighted by atomic mass is 10.2. The molecule has 1 aliphatic rings. The summed E-state index contributed by atoms with van der Waals surface area (Å²) in [5.41, 5.74) is 1.66. The van der Waals surface area contributed by atoms with Gasteiger partial charge in [-0.3, -0.25) is 9.10 Å². The first-order chi connectivity index (χ1) is 13.8. The summed E-state index contributed by atoms with van der Waals surface area (Å²) in [7, 11) is -3.42. The van der Waals surface area contributed by atoms with Crippen LogP contribution in [0.3, 0.4) is 0 Å². The van der Waals surface area contributed by atoms with Crippen molar-refractivity contribution in [2.75, 3.05) is 30.3 Å². The lowest BCUT2D eigenvalue weighted by molar-refractivity contribution is -0.121. The van der Waals surface area contributed by atoms with Gasteiger partial charge in [0, 0.05) is 13.0 Å². The van der Waals surface area contributed by atoms with Crippen LogP contribution in [-0.4, -0.2) is 46.4 Å². The fourth-order valence-electron chi connectivity index (χ4n) is 3.06. The van der Waals surface area contributed by atoms with Crippen LogP contribution in [0.2, 0.25) is 0 Å². The van der Waals surface area contributed by atoms with E-state index in [4.69, 9.17) is 9.47 Å². The van der Waals surface area contributed by atoms with Gasteiger partial charge in [-0.2, -0.15) is 0 Å². The summed E-state index contributed by atoms with van der Waals surface area (Å²) >= 11 is 0. The second-order valence-electron chi connectivity index (χ2n) is 7.08. The first kappa shape index (κ1) is 21.0. The molecule has 0 radical (unpaired) electrons. The van der Waals surface area contributed by atoms with E-state index in [0.717, 1.165) is 5.56 Å². The van der Waals surface area contributed by atoms with Gasteiger partial charge in [-0.05, 0) is 37.6 Å². The zero-order chi connectivity index (χ0) is 20.9. The summed E-state index contributed by atoms with van der Waals surface area (Å²) in [5.74, 6) is 1.22. The first-order valence-corrected chi connectivity index (χ1v) is 11.4. The highest BCUT2D eigenvalue weighted by molar-refractivity contribution is 7.92. The highest BCUT2D eigenvalue weighted by Crippen LogP contribution is 2.30. The molecule has 0 aliphatic carbocycles. The Bertz CT molecular complexity index is 944. The standard InChI is InChI=1S/C21H26N2O5S/c1-16-9-11-17(12-10-16)23(29(2,25)26)13-5-8-21(24)22-14-18-15-27-19-6-3-4-7-20(19)28-18/h3-4,6-7,9-12,18H,5,8,13-15H2,1-2H3,(H,22,24). The van der Waals surface area contributed by atoms with Crippen molar-refractivity contribution in [3.05, 3.63) is 54.1 Å². The van der Waals surface area contributed by atoms with Crippen LogP contribution >= 0.6 is 0 Å². The van der Waals surface area contributed by atoms with Crippen molar-refractivity contribution >= 4 is 21.6 Å². The lowest BCUT2D eigenvalue weighted by Crippen LogP contribution is -2.41. The molecule has 0 aromatic heterocycles. The lowest BCUT2D eigenvalue weighted by Gasteiger charge is -2.26. The van der Waals surface area contributed by atoms with Gasteiger partial charge >= 0.3 is 0 Å². The minimum Gasteiger partial charge on any atom is -0.486 e. The number of carbonyl (C=O) groups excluding carboxylic acids is 1. The quantitative estimate of drug-likeness (QED) is 0.712. The van der Waals surface area contributed by atoms with Crippen molar-refractivity contribution in [2.24, 2.45) is 0 Å². The molecule has 1 atom stereocenters. The van der Waals surface area contributed by atoms with Gasteiger partial charge in [0.2, 0.25) is 15.9 Å². The van der Waals surface area contributed by atoms with Crippen molar-refractivity contribution in [3.63, 3.8) is 0 Å². The Balaban J connectivity index is 1.45. The number of para-hydroxylation sites is 2. The molecule has 1 N–H and O–H groups in total. The molecule has 0 fully saturated rings. The number of carbonyl (C=O) groups is 1. The molecule has 2 aromatic rings. The second-order valence-corrected chi connectivity index (χ2v) is 8.98. The molecule has 0 bridgehead atoms. The SMILES string of the molecule is Cc1ccc(N(CCCC(=O)NCC2COc3ccccc3O2)S(C)(=O)=O)cc1. The van der Waals surface area contributed by atoms with Crippen LogP contribution in [0.1, 0.15) is 18.4 Å². The van der Waals surface area contributed by atoms with E-state index >= 15 is 0 Å². The van der Waals surface area contributed by atoms with Gasteiger partial charge in [0.15, 0.2) is 11.5 Å². The molecule has 0 spiro atoms. The molecular weight excluding hydrogens is 392 g/mol. The Morgan fingerprint density at radius 3 is 2.52 bits per heavy atom. The van der Waals surface area contributed by atoms with E-state index in [2.05, 4.69) is 5.32 Å². The average molecular weight is 419 g/mol. The van der Waals surface area contributed by atoms with Gasteiger partial charge in [0.25, 0.3) is 0 Å². The van der Waals surface area contributed by atoms with Crippen molar-refractivity contribution in [1.29, 1.82) is 0 Å². The second kappa shape index (κ2) is 9.17. The summed E-state index contributed by atoms with van der Waals surface area (Å²) in [5, 5.41) is 2.83. The molecule has 0 saturated heterocycles. The number of nitrogens with one attached hydrogen (secondary N) is 1. The minimum absolute atomic E-state index is 0.148. The topological polar surface area (TPSA) is 84.9 Å². The number of amides is 1. The first-order valence-electron chi connectivity index (χ1n) is 9.52. The molecule has 156 valence electrons. The Morgan fingerprint density at radius 1 is 1.14 bits per heavy atom. The zero-order valence-corrected chi connectivity index (χ0v) is 17.4. The highest BCUT2D eigenvalue weighted by Gasteiger charge is 2.21. The minimum atomic E-state index is -3.42. The molecule has 7 nitrogen and oxygen atoms in total. The summed E-state index contributed by atoms with van der Waals surface area (Å²) in [4.78, 5) is 12.2. The summed E-state index contributed by atoms with van der Waals surface area (Å²) in [6, 6.07) is 14.7. The maximum atomic E-state index is 12.2. The number of hydrogen-bond donors (Lipinski definition) is 1. The number of ether oxygens (including phenoxy) is 2. The molecule has 1 aliphatic heterocycles. The molecule has 1 heterocycles. The van der Waals surface area contributed by atoms with E-state index in [9.17, 15) is 13.2 Å². The van der Waals surface area contributed by atoms with E-state index in [0.29, 0.717) is 36.8 Å². The Labute approximate surface area is 171 Å². The van der Waals surface area contributed by atoms with Crippen LogP contribution in [-0.2, 0) is 14.8 Å². The van der Waals surface area contributed by atoms with Gasteiger partial charge in [-0.15, -0.1) is 0 Å². The van der Waals surface area contributed by atoms with E-state index in [1.165, 1.54) is 10.6 Å². The van der Waals surface area contributed by atoms with Crippen LogP contribution in [0.25, 0.3) is 0 Å². The third kappa shape index (κ3) is 5.87. The fourth-order valence-corrected chi connectivity index (χ4v) is 4.03. The van der Waals surface area contributed by atoms with Gasteiger partial charge in [-0.1, -0.05) is 29.8 Å². The number of hydrogen-bond acceptors (Lipinski definition) is 5. The van der Waals surface area contributed by atoms with Gasteiger partial charge < -0.3 is 14.8 Å². The predicted octanol–water partition coefficient (Wildman–Crippen LogP) is 2.50. The fraction of sp³-hybridized carbons (Fsp3) is 0.381. The van der Waals surface area contributed by atoms with E-state index in [1.54, 1.807) is 12.1 Å². The summed E-state index contributed by atoms with van der Waals surface area (Å²) < 4.78 is 37.0. The van der Waals surface area contributed by atoms with E-state index < -0.39 is 10.0 Å². The number of nitrogens with zero attached hydrogens (tertiary/aromatic N) is 1. The monoisotopic (exact) mass is 418 g/mol. The molecule has 1 unspecified atom stereocenters. The van der Waals surface area contributed by atoms with Gasteiger partial charge in [0.05, 0.1) is 18.5 Å². The van der Waals surface area contributed by atoms with E-state index in [-0.39, 0.29) is 25.0 Å². The molecule has 0 saturated carbocycles. The average Bonchev–Trinajstić information content (AvgIpc) is 2.69. The van der Waals surface area contributed by atoms with Crippen LogP contribution < -0.4 is 19.1 Å². The number of rotatable bonds is 8. The highest BCUT2D eigenvalue weighted by atomic mass is 32.2. The van der Waals surface area contributed by atoms with Crippen LogP contribution in [0.4, 0.5) is 5.69 Å².